The van der Waals surface area contributed by atoms with E-state index in [9.17, 15) is 9.59 Å². The first-order chi connectivity index (χ1) is 13.5. The predicted molar refractivity (Wildman–Crippen MR) is 118 cm³/mol. The molecular formula is C21H18IN3O3. The van der Waals surface area contributed by atoms with Crippen LogP contribution in [0.15, 0.2) is 65.6 Å². The van der Waals surface area contributed by atoms with Gasteiger partial charge in [-0.05, 0) is 77.2 Å². The fraction of sp³-hybridized carbons (Fsp3) is 0.143. The summed E-state index contributed by atoms with van der Waals surface area (Å²) in [6, 6.07) is 16.7. The van der Waals surface area contributed by atoms with Crippen molar-refractivity contribution in [1.82, 2.24) is 4.57 Å². The minimum atomic E-state index is -0.241. The Hall–Kier alpha value is -2.81. The van der Waals surface area contributed by atoms with Crippen molar-refractivity contribution in [2.24, 2.45) is 0 Å². The number of hydrogen-bond donors (Lipinski definition) is 0. The van der Waals surface area contributed by atoms with Crippen LogP contribution in [0.3, 0.4) is 0 Å². The van der Waals surface area contributed by atoms with E-state index in [2.05, 4.69) is 22.6 Å². The fourth-order valence-corrected chi connectivity index (χ4v) is 3.69. The van der Waals surface area contributed by atoms with E-state index in [4.69, 9.17) is 4.74 Å². The molecule has 142 valence electrons. The minimum Gasteiger partial charge on any atom is -0.497 e. The lowest BCUT2D eigenvalue weighted by Crippen LogP contribution is -2.45. The van der Waals surface area contributed by atoms with Gasteiger partial charge in [0, 0.05) is 28.2 Å². The molecule has 0 unspecified atom stereocenters. The molecule has 0 N–H and O–H groups in total. The van der Waals surface area contributed by atoms with E-state index in [1.54, 1.807) is 47.0 Å². The van der Waals surface area contributed by atoms with Crippen LogP contribution < -0.4 is 20.1 Å². The number of benzene rings is 2. The maximum atomic E-state index is 13.4. The molecule has 4 rings (SSSR count). The summed E-state index contributed by atoms with van der Waals surface area (Å²) in [4.78, 5) is 29.6. The highest BCUT2D eigenvalue weighted by molar-refractivity contribution is 14.1. The number of rotatable bonds is 3. The van der Waals surface area contributed by atoms with Gasteiger partial charge in [-0.3, -0.25) is 19.1 Å². The first-order valence-electron chi connectivity index (χ1n) is 8.69. The molecule has 0 atom stereocenters. The number of ether oxygens (including phenoxy) is 1. The SMILES string of the molecule is COc1ccc(N2C(=O)CN(C)c3ccn(-c4ccc(I)cc4)c(=O)c32)cc1. The molecule has 2 heterocycles. The Morgan fingerprint density at radius 1 is 0.929 bits per heavy atom. The summed E-state index contributed by atoms with van der Waals surface area (Å²) < 4.78 is 7.85. The number of carbonyl (C=O) groups is 1. The molecule has 28 heavy (non-hydrogen) atoms. The number of anilines is 3. The van der Waals surface area contributed by atoms with Crippen LogP contribution >= 0.6 is 22.6 Å². The quantitative estimate of drug-likeness (QED) is 0.531. The van der Waals surface area contributed by atoms with Gasteiger partial charge in [-0.1, -0.05) is 0 Å². The Bertz CT molecular complexity index is 1090. The third kappa shape index (κ3) is 3.15. The number of likely N-dealkylation sites (N-methyl/N-ethyl adjacent to an activating group) is 1. The van der Waals surface area contributed by atoms with Crippen molar-refractivity contribution in [2.45, 2.75) is 0 Å². The highest BCUT2D eigenvalue weighted by atomic mass is 127. The van der Waals surface area contributed by atoms with Crippen molar-refractivity contribution < 1.29 is 9.53 Å². The number of fused-ring (bicyclic) bond motifs is 1. The summed E-state index contributed by atoms with van der Waals surface area (Å²) >= 11 is 2.22. The van der Waals surface area contributed by atoms with Crippen LogP contribution in [0, 0.1) is 3.57 Å². The van der Waals surface area contributed by atoms with Gasteiger partial charge in [0.1, 0.15) is 11.4 Å². The molecule has 0 saturated carbocycles. The standard InChI is InChI=1S/C21H18IN3O3/c1-23-13-19(26)25(16-7-9-17(28-2)10-8-16)20-18(23)11-12-24(21(20)27)15-5-3-14(22)4-6-15/h3-12H,13H2,1-2H3. The Balaban J connectivity index is 1.90. The van der Waals surface area contributed by atoms with Crippen LogP contribution in [-0.2, 0) is 4.79 Å². The van der Waals surface area contributed by atoms with E-state index >= 15 is 0 Å². The number of pyridine rings is 1. The molecule has 0 spiro atoms. The fourth-order valence-electron chi connectivity index (χ4n) is 3.33. The zero-order valence-electron chi connectivity index (χ0n) is 15.4. The lowest BCUT2D eigenvalue weighted by Gasteiger charge is -2.35. The molecule has 0 radical (unpaired) electrons. The molecule has 1 aromatic heterocycles. The molecule has 3 aromatic rings. The molecule has 1 amide bonds. The van der Waals surface area contributed by atoms with Crippen LogP contribution in [0.4, 0.5) is 17.1 Å². The third-order valence-electron chi connectivity index (χ3n) is 4.74. The highest BCUT2D eigenvalue weighted by Crippen LogP contribution is 2.35. The molecule has 0 fully saturated rings. The van der Waals surface area contributed by atoms with Gasteiger partial charge < -0.3 is 9.64 Å². The van der Waals surface area contributed by atoms with E-state index in [1.807, 2.05) is 37.4 Å². The molecule has 0 saturated heterocycles. The summed E-state index contributed by atoms with van der Waals surface area (Å²) in [7, 11) is 3.40. The number of amides is 1. The van der Waals surface area contributed by atoms with Gasteiger partial charge in [0.25, 0.3) is 11.5 Å². The Morgan fingerprint density at radius 3 is 2.21 bits per heavy atom. The lowest BCUT2D eigenvalue weighted by molar-refractivity contribution is -0.116. The van der Waals surface area contributed by atoms with Crippen molar-refractivity contribution in [1.29, 1.82) is 0 Å². The molecule has 0 bridgehead atoms. The van der Waals surface area contributed by atoms with Gasteiger partial charge in [0.05, 0.1) is 19.3 Å². The average Bonchev–Trinajstić information content (AvgIpc) is 2.70. The summed E-state index contributed by atoms with van der Waals surface area (Å²) in [5.74, 6) is 0.535. The summed E-state index contributed by atoms with van der Waals surface area (Å²) in [6.07, 6.45) is 1.75. The van der Waals surface area contributed by atoms with Crippen molar-refractivity contribution in [3.63, 3.8) is 0 Å². The molecule has 6 nitrogen and oxygen atoms in total. The number of carbonyl (C=O) groups excluding carboxylic acids is 1. The van der Waals surface area contributed by atoms with Crippen LogP contribution in [0.2, 0.25) is 0 Å². The van der Waals surface area contributed by atoms with E-state index in [0.717, 1.165) is 14.9 Å². The highest BCUT2D eigenvalue weighted by Gasteiger charge is 2.32. The van der Waals surface area contributed by atoms with Crippen LogP contribution in [0.5, 0.6) is 5.75 Å². The number of halogens is 1. The second-order valence-electron chi connectivity index (χ2n) is 6.48. The Kier molecular flexibility index (Phi) is 4.84. The maximum absolute atomic E-state index is 13.4. The molecule has 2 aromatic carbocycles. The van der Waals surface area contributed by atoms with Crippen molar-refractivity contribution in [3.05, 3.63) is 74.7 Å². The topological polar surface area (TPSA) is 54.8 Å². The average molecular weight is 487 g/mol. The number of methoxy groups -OCH3 is 1. The van der Waals surface area contributed by atoms with Gasteiger partial charge in [-0.25, -0.2) is 0 Å². The molecule has 0 aliphatic carbocycles. The normalized spacial score (nSPS) is 13.5. The Morgan fingerprint density at radius 2 is 1.57 bits per heavy atom. The smallest absolute Gasteiger partial charge is 0.281 e. The molecular weight excluding hydrogens is 469 g/mol. The van der Waals surface area contributed by atoms with Crippen molar-refractivity contribution in [3.8, 4) is 11.4 Å². The lowest BCUT2D eigenvalue weighted by atomic mass is 10.1. The van der Waals surface area contributed by atoms with Gasteiger partial charge in [-0.2, -0.15) is 0 Å². The second kappa shape index (κ2) is 7.31. The summed E-state index contributed by atoms with van der Waals surface area (Å²) in [6.45, 7) is 0.200. The number of hydrogen-bond acceptors (Lipinski definition) is 4. The van der Waals surface area contributed by atoms with Gasteiger partial charge in [-0.15, -0.1) is 0 Å². The van der Waals surface area contributed by atoms with E-state index < -0.39 is 0 Å². The van der Waals surface area contributed by atoms with E-state index in [-0.39, 0.29) is 18.0 Å². The zero-order valence-corrected chi connectivity index (χ0v) is 17.6. The summed E-state index contributed by atoms with van der Waals surface area (Å²) in [5.41, 5.74) is 2.22. The monoisotopic (exact) mass is 487 g/mol. The van der Waals surface area contributed by atoms with E-state index in [1.165, 1.54) is 4.90 Å². The van der Waals surface area contributed by atoms with Gasteiger partial charge in [0.15, 0.2) is 0 Å². The first kappa shape index (κ1) is 18.5. The largest absolute Gasteiger partial charge is 0.497 e. The third-order valence-corrected chi connectivity index (χ3v) is 5.46. The van der Waals surface area contributed by atoms with Gasteiger partial charge >= 0.3 is 0 Å². The first-order valence-corrected chi connectivity index (χ1v) is 9.77. The van der Waals surface area contributed by atoms with Crippen molar-refractivity contribution in [2.75, 3.05) is 30.5 Å². The number of aromatic nitrogens is 1. The van der Waals surface area contributed by atoms with Crippen LogP contribution in [-0.4, -0.2) is 31.2 Å². The minimum absolute atomic E-state index is 0.155. The second-order valence-corrected chi connectivity index (χ2v) is 7.73. The molecule has 1 aliphatic rings. The maximum Gasteiger partial charge on any atom is 0.281 e. The van der Waals surface area contributed by atoms with Crippen molar-refractivity contribution >= 4 is 45.6 Å². The van der Waals surface area contributed by atoms with Crippen LogP contribution in [0.1, 0.15) is 0 Å². The van der Waals surface area contributed by atoms with Gasteiger partial charge in [0.2, 0.25) is 0 Å². The number of nitrogens with zero attached hydrogens (tertiary/aromatic N) is 3. The zero-order chi connectivity index (χ0) is 19.8. The Labute approximate surface area is 176 Å². The molecule has 7 heteroatoms. The van der Waals surface area contributed by atoms with E-state index in [0.29, 0.717) is 17.1 Å². The summed E-state index contributed by atoms with van der Waals surface area (Å²) in [5, 5.41) is 0. The molecule has 1 aliphatic heterocycles. The predicted octanol–water partition coefficient (Wildman–Crippen LogP) is 3.57. The van der Waals surface area contributed by atoms with Crippen LogP contribution in [0.25, 0.3) is 5.69 Å².